The van der Waals surface area contributed by atoms with Gasteiger partial charge >= 0.3 is 0 Å². The zero-order chi connectivity index (χ0) is 28.2. The first-order valence-corrected chi connectivity index (χ1v) is 15.1. The van der Waals surface area contributed by atoms with Crippen LogP contribution in [0.3, 0.4) is 0 Å². The average Bonchev–Trinajstić information content (AvgIpc) is 2.96. The highest BCUT2D eigenvalue weighted by atomic mass is 79.9. The smallest absolute Gasteiger partial charge is 0.282 e. The van der Waals surface area contributed by atoms with Crippen molar-refractivity contribution < 1.29 is 13.9 Å². The molecule has 5 rings (SSSR count). The maximum atomic E-state index is 14.2. The topological polar surface area (TPSA) is 65.7 Å². The monoisotopic (exact) mass is 689 g/mol. The van der Waals surface area contributed by atoms with Gasteiger partial charge in [-0.15, -0.1) is 0 Å². The van der Waals surface area contributed by atoms with E-state index in [9.17, 15) is 9.18 Å². The predicted octanol–water partition coefficient (Wildman–Crippen LogP) is 8.62. The van der Waals surface area contributed by atoms with Crippen molar-refractivity contribution in [1.82, 2.24) is 9.66 Å². The minimum atomic E-state index is -0.366. The van der Waals surface area contributed by atoms with Crippen molar-refractivity contribution in [2.75, 3.05) is 6.61 Å². The summed E-state index contributed by atoms with van der Waals surface area (Å²) in [5.41, 5.74) is 1.40. The highest BCUT2D eigenvalue weighted by molar-refractivity contribution is 9.10. The summed E-state index contributed by atoms with van der Waals surface area (Å²) in [4.78, 5) is 18.6. The second-order valence-corrected chi connectivity index (χ2v) is 11.6. The van der Waals surface area contributed by atoms with E-state index in [1.807, 2.05) is 19.1 Å². The number of hydrogen-bond donors (Lipinski definition) is 0. The lowest BCUT2D eigenvalue weighted by molar-refractivity contribution is 0.266. The second kappa shape index (κ2) is 12.8. The van der Waals surface area contributed by atoms with Gasteiger partial charge in [0.1, 0.15) is 23.3 Å². The van der Waals surface area contributed by atoms with Gasteiger partial charge in [0, 0.05) is 26.0 Å². The van der Waals surface area contributed by atoms with Crippen LogP contribution in [-0.2, 0) is 6.61 Å². The SMILES string of the molecule is CCOc1cc(C=Nn2c(C3CCCCC3)nc3ccc(Br)cc3c2=O)c(Br)c(Cl)c1OCc1ccccc1F. The van der Waals surface area contributed by atoms with E-state index in [0.29, 0.717) is 44.7 Å². The highest BCUT2D eigenvalue weighted by Crippen LogP contribution is 2.43. The first-order valence-electron chi connectivity index (χ1n) is 13.1. The molecule has 0 radical (unpaired) electrons. The number of halogens is 4. The molecule has 0 amide bonds. The Morgan fingerprint density at radius 2 is 1.90 bits per heavy atom. The molecule has 3 aromatic carbocycles. The highest BCUT2D eigenvalue weighted by Gasteiger charge is 2.23. The number of aromatic nitrogens is 2. The summed E-state index contributed by atoms with van der Waals surface area (Å²) in [6.45, 7) is 2.18. The van der Waals surface area contributed by atoms with Crippen molar-refractivity contribution in [1.29, 1.82) is 0 Å². The molecule has 1 saturated carbocycles. The molecule has 10 heteroatoms. The summed E-state index contributed by atoms with van der Waals surface area (Å²) in [7, 11) is 0. The van der Waals surface area contributed by atoms with Gasteiger partial charge in [-0.3, -0.25) is 4.79 Å². The Morgan fingerprint density at radius 3 is 2.65 bits per heavy atom. The minimum absolute atomic E-state index is 0.0230. The van der Waals surface area contributed by atoms with E-state index in [1.54, 1.807) is 36.5 Å². The maximum Gasteiger partial charge on any atom is 0.282 e. The molecular weight excluding hydrogens is 665 g/mol. The third kappa shape index (κ3) is 6.11. The summed E-state index contributed by atoms with van der Waals surface area (Å²) >= 11 is 13.7. The van der Waals surface area contributed by atoms with E-state index in [1.165, 1.54) is 17.2 Å². The molecule has 40 heavy (non-hydrogen) atoms. The van der Waals surface area contributed by atoms with Crippen LogP contribution in [0.2, 0.25) is 5.02 Å². The Morgan fingerprint density at radius 1 is 1.12 bits per heavy atom. The van der Waals surface area contributed by atoms with Gasteiger partial charge in [0.05, 0.1) is 23.7 Å². The third-order valence-corrected chi connectivity index (χ3v) is 8.84. The van der Waals surface area contributed by atoms with Crippen LogP contribution < -0.4 is 15.0 Å². The van der Waals surface area contributed by atoms with E-state index >= 15 is 0 Å². The largest absolute Gasteiger partial charge is 0.490 e. The van der Waals surface area contributed by atoms with Crippen molar-refractivity contribution in [3.05, 3.63) is 95.6 Å². The van der Waals surface area contributed by atoms with Gasteiger partial charge in [-0.05, 0) is 66.0 Å². The Hall–Kier alpha value is -2.75. The van der Waals surface area contributed by atoms with Gasteiger partial charge < -0.3 is 9.47 Å². The van der Waals surface area contributed by atoms with Crippen LogP contribution in [0.1, 0.15) is 61.9 Å². The lowest BCUT2D eigenvalue weighted by atomic mass is 9.88. The molecule has 0 aliphatic heterocycles. The molecule has 1 heterocycles. The molecule has 208 valence electrons. The van der Waals surface area contributed by atoms with Crippen molar-refractivity contribution >= 4 is 60.6 Å². The van der Waals surface area contributed by atoms with Gasteiger partial charge in [-0.25, -0.2) is 9.37 Å². The molecule has 1 aliphatic carbocycles. The second-order valence-electron chi connectivity index (χ2n) is 9.56. The molecule has 0 saturated heterocycles. The summed E-state index contributed by atoms with van der Waals surface area (Å²) in [5, 5.41) is 5.37. The molecule has 1 aromatic heterocycles. The molecule has 6 nitrogen and oxygen atoms in total. The van der Waals surface area contributed by atoms with E-state index in [4.69, 9.17) is 26.1 Å². The van der Waals surface area contributed by atoms with Crippen LogP contribution >= 0.6 is 43.5 Å². The fourth-order valence-electron chi connectivity index (χ4n) is 4.88. The Kier molecular flexibility index (Phi) is 9.23. The molecule has 0 atom stereocenters. The fourth-order valence-corrected chi connectivity index (χ4v) is 5.90. The lowest BCUT2D eigenvalue weighted by Crippen LogP contribution is -2.25. The zero-order valence-electron chi connectivity index (χ0n) is 21.8. The number of rotatable bonds is 8. The first-order chi connectivity index (χ1) is 19.4. The number of benzene rings is 3. The molecule has 0 N–H and O–H groups in total. The summed E-state index contributed by atoms with van der Waals surface area (Å²) in [6.07, 6.45) is 6.86. The van der Waals surface area contributed by atoms with Crippen LogP contribution in [-0.4, -0.2) is 22.5 Å². The molecule has 0 bridgehead atoms. The van der Waals surface area contributed by atoms with Crippen LogP contribution in [0.25, 0.3) is 10.9 Å². The molecular formula is C30H27Br2ClFN3O3. The van der Waals surface area contributed by atoms with Gasteiger partial charge in [-0.1, -0.05) is 65.0 Å². The Balaban J connectivity index is 1.55. The number of ether oxygens (including phenoxy) is 2. The molecule has 0 spiro atoms. The van der Waals surface area contributed by atoms with Crippen LogP contribution in [0.4, 0.5) is 4.39 Å². The molecule has 1 aliphatic rings. The number of fused-ring (bicyclic) bond motifs is 1. The number of nitrogens with zero attached hydrogens (tertiary/aromatic N) is 3. The van der Waals surface area contributed by atoms with E-state index in [2.05, 4.69) is 37.0 Å². The van der Waals surface area contributed by atoms with Crippen LogP contribution in [0.15, 0.2) is 67.4 Å². The predicted molar refractivity (Wildman–Crippen MR) is 164 cm³/mol. The Labute approximate surface area is 253 Å². The standard InChI is InChI=1S/C30H27Br2ClFN3O3/c1-2-39-25-14-20(26(32)27(33)28(25)40-17-19-10-6-7-11-23(19)34)16-35-37-29(18-8-4-3-5-9-18)36-24-13-12-21(31)15-22(24)30(37)38/h6-7,10-16,18H,2-5,8-9,17H2,1H3. The van der Waals surface area contributed by atoms with Crippen molar-refractivity contribution in [2.45, 2.75) is 51.6 Å². The zero-order valence-corrected chi connectivity index (χ0v) is 25.7. The quantitative estimate of drug-likeness (QED) is 0.174. The average molecular weight is 692 g/mol. The van der Waals surface area contributed by atoms with Crippen molar-refractivity contribution in [3.8, 4) is 11.5 Å². The molecule has 4 aromatic rings. The molecule has 1 fully saturated rings. The summed E-state index contributed by atoms with van der Waals surface area (Å²) in [5.74, 6) is 1.11. The first kappa shape index (κ1) is 28.8. The molecule has 0 unspecified atom stereocenters. The van der Waals surface area contributed by atoms with Gasteiger partial charge in [-0.2, -0.15) is 9.78 Å². The summed E-state index contributed by atoms with van der Waals surface area (Å²) < 4.78 is 28.6. The number of hydrogen-bond acceptors (Lipinski definition) is 5. The minimum Gasteiger partial charge on any atom is -0.490 e. The Bertz CT molecular complexity index is 1640. The van der Waals surface area contributed by atoms with E-state index in [-0.39, 0.29) is 34.7 Å². The van der Waals surface area contributed by atoms with Crippen LogP contribution in [0.5, 0.6) is 11.5 Å². The summed E-state index contributed by atoms with van der Waals surface area (Å²) in [6, 6.07) is 13.6. The third-order valence-electron chi connectivity index (χ3n) is 6.90. The normalized spacial score (nSPS) is 14.2. The van der Waals surface area contributed by atoms with Gasteiger partial charge in [0.15, 0.2) is 11.5 Å². The van der Waals surface area contributed by atoms with Gasteiger partial charge in [0.25, 0.3) is 5.56 Å². The van der Waals surface area contributed by atoms with E-state index < -0.39 is 0 Å². The maximum absolute atomic E-state index is 14.2. The van der Waals surface area contributed by atoms with Crippen molar-refractivity contribution in [2.24, 2.45) is 5.10 Å². The van der Waals surface area contributed by atoms with Crippen LogP contribution in [0, 0.1) is 5.82 Å². The van der Waals surface area contributed by atoms with Gasteiger partial charge in [0.2, 0.25) is 0 Å². The lowest BCUT2D eigenvalue weighted by Gasteiger charge is -2.23. The fraction of sp³-hybridized carbons (Fsp3) is 0.300. The van der Waals surface area contributed by atoms with E-state index in [0.717, 1.165) is 30.2 Å². The van der Waals surface area contributed by atoms with Crippen molar-refractivity contribution in [3.63, 3.8) is 0 Å².